The molecule has 1 N–H and O–H groups in total. The van der Waals surface area contributed by atoms with E-state index in [0.717, 1.165) is 0 Å². The highest BCUT2D eigenvalue weighted by Crippen LogP contribution is 2.26. The average molecular weight is 213 g/mol. The Labute approximate surface area is 75.6 Å². The van der Waals surface area contributed by atoms with E-state index in [2.05, 4.69) is 9.97 Å². The highest BCUT2D eigenvalue weighted by molar-refractivity contribution is 6.16. The van der Waals surface area contributed by atoms with Gasteiger partial charge in [-0.05, 0) is 6.07 Å². The average Bonchev–Trinajstić information content (AvgIpc) is 2.01. The van der Waals surface area contributed by atoms with Gasteiger partial charge >= 0.3 is 11.9 Å². The van der Waals surface area contributed by atoms with Crippen molar-refractivity contribution in [2.75, 3.05) is 0 Å². The Morgan fingerprint density at radius 3 is 2.62 bits per heavy atom. The zero-order chi connectivity index (χ0) is 10.1. The van der Waals surface area contributed by atoms with Crippen LogP contribution in [0.15, 0.2) is 10.9 Å². The van der Waals surface area contributed by atoms with Crippen molar-refractivity contribution < 1.29 is 13.2 Å². The molecule has 3 nitrogen and oxygen atoms in total. The van der Waals surface area contributed by atoms with Crippen LogP contribution in [0.25, 0.3) is 0 Å². The van der Waals surface area contributed by atoms with Crippen LogP contribution in [0.4, 0.5) is 13.2 Å². The predicted molar refractivity (Wildman–Crippen MR) is 39.4 cm³/mol. The van der Waals surface area contributed by atoms with Gasteiger partial charge < -0.3 is 4.98 Å². The quantitative estimate of drug-likeness (QED) is 0.718. The second-order valence-electron chi connectivity index (χ2n) is 2.23. The Balaban J connectivity index is 3.24. The van der Waals surface area contributed by atoms with Crippen LogP contribution < -0.4 is 5.69 Å². The van der Waals surface area contributed by atoms with E-state index in [0.29, 0.717) is 6.07 Å². The van der Waals surface area contributed by atoms with E-state index in [1.807, 2.05) is 0 Å². The van der Waals surface area contributed by atoms with Crippen LogP contribution in [0.3, 0.4) is 0 Å². The minimum Gasteiger partial charge on any atom is -0.309 e. The molecule has 0 atom stereocenters. The van der Waals surface area contributed by atoms with Gasteiger partial charge in [-0.2, -0.15) is 18.2 Å². The van der Waals surface area contributed by atoms with Gasteiger partial charge in [0, 0.05) is 5.69 Å². The molecule has 1 aromatic rings. The third-order valence-corrected chi connectivity index (χ3v) is 1.52. The van der Waals surface area contributed by atoms with Crippen LogP contribution >= 0.6 is 11.6 Å². The van der Waals surface area contributed by atoms with Crippen molar-refractivity contribution in [1.82, 2.24) is 9.97 Å². The van der Waals surface area contributed by atoms with Crippen molar-refractivity contribution >= 4 is 11.6 Å². The highest BCUT2D eigenvalue weighted by atomic mass is 35.5. The summed E-state index contributed by atoms with van der Waals surface area (Å²) in [5.41, 5.74) is -2.29. The Morgan fingerprint density at radius 1 is 1.54 bits per heavy atom. The Hall–Kier alpha value is -1.04. The summed E-state index contributed by atoms with van der Waals surface area (Å²) in [6.45, 7) is 0. The fraction of sp³-hybridized carbons (Fsp3) is 0.333. The van der Waals surface area contributed by atoms with Gasteiger partial charge in [-0.15, -0.1) is 11.6 Å². The molecule has 13 heavy (non-hydrogen) atoms. The van der Waals surface area contributed by atoms with Gasteiger partial charge in [-0.25, -0.2) is 4.79 Å². The molecule has 0 aliphatic heterocycles. The minimum absolute atomic E-state index is 0.00556. The Morgan fingerprint density at radius 2 is 2.15 bits per heavy atom. The summed E-state index contributed by atoms with van der Waals surface area (Å²) >= 11 is 5.26. The fourth-order valence-corrected chi connectivity index (χ4v) is 0.869. The SMILES string of the molecule is O=c1nc(C(F)(F)F)cc(CCl)[nH]1. The molecule has 0 aromatic carbocycles. The lowest BCUT2D eigenvalue weighted by atomic mass is 10.3. The largest absolute Gasteiger partial charge is 0.433 e. The molecule has 0 spiro atoms. The van der Waals surface area contributed by atoms with E-state index in [1.165, 1.54) is 0 Å². The molecular formula is C6H4ClF3N2O. The van der Waals surface area contributed by atoms with Crippen LogP contribution in [-0.2, 0) is 12.1 Å². The molecule has 0 amide bonds. The first-order valence-electron chi connectivity index (χ1n) is 3.17. The maximum absolute atomic E-state index is 12.0. The summed E-state index contributed by atoms with van der Waals surface area (Å²) in [5.74, 6) is -0.194. The normalized spacial score (nSPS) is 11.7. The molecule has 0 aliphatic rings. The zero-order valence-electron chi connectivity index (χ0n) is 6.15. The molecule has 1 aromatic heterocycles. The topological polar surface area (TPSA) is 45.8 Å². The number of nitrogens with one attached hydrogen (secondary N) is 1. The fourth-order valence-electron chi connectivity index (χ4n) is 0.725. The molecule has 1 heterocycles. The zero-order valence-corrected chi connectivity index (χ0v) is 6.91. The predicted octanol–water partition coefficient (Wildman–Crippen LogP) is 1.53. The number of aromatic amines is 1. The summed E-state index contributed by atoms with van der Waals surface area (Å²) in [5, 5.41) is 0. The molecule has 0 fully saturated rings. The highest BCUT2D eigenvalue weighted by Gasteiger charge is 2.33. The molecule has 1 rings (SSSR count). The second kappa shape index (κ2) is 3.37. The number of aromatic nitrogens is 2. The third kappa shape index (κ3) is 2.45. The van der Waals surface area contributed by atoms with Gasteiger partial charge in [0.15, 0.2) is 5.69 Å². The molecule has 7 heteroatoms. The van der Waals surface area contributed by atoms with Gasteiger partial charge in [0.1, 0.15) is 0 Å². The molecular weight excluding hydrogens is 209 g/mol. The van der Waals surface area contributed by atoms with Gasteiger partial charge in [-0.3, -0.25) is 0 Å². The van der Waals surface area contributed by atoms with Crippen LogP contribution in [0.2, 0.25) is 0 Å². The van der Waals surface area contributed by atoms with E-state index < -0.39 is 17.6 Å². The summed E-state index contributed by atoms with van der Waals surface area (Å²) in [6, 6.07) is 0.703. The van der Waals surface area contributed by atoms with E-state index in [1.54, 1.807) is 0 Å². The molecule has 0 radical (unpaired) electrons. The minimum atomic E-state index is -4.62. The maximum Gasteiger partial charge on any atom is 0.433 e. The first kappa shape index (κ1) is 10.0. The van der Waals surface area contributed by atoms with E-state index in [4.69, 9.17) is 11.6 Å². The van der Waals surface area contributed by atoms with Crippen molar-refractivity contribution in [2.24, 2.45) is 0 Å². The van der Waals surface area contributed by atoms with Crippen LogP contribution in [0.5, 0.6) is 0 Å². The van der Waals surface area contributed by atoms with Crippen LogP contribution in [0.1, 0.15) is 11.4 Å². The van der Waals surface area contributed by atoms with E-state index in [-0.39, 0.29) is 11.6 Å². The lowest BCUT2D eigenvalue weighted by Gasteiger charge is -2.04. The van der Waals surface area contributed by atoms with Crippen molar-refractivity contribution in [1.29, 1.82) is 0 Å². The van der Waals surface area contributed by atoms with Crippen molar-refractivity contribution in [3.8, 4) is 0 Å². The molecule has 72 valence electrons. The van der Waals surface area contributed by atoms with E-state index in [9.17, 15) is 18.0 Å². The summed E-state index contributed by atoms with van der Waals surface area (Å²) in [4.78, 5) is 15.4. The van der Waals surface area contributed by atoms with Gasteiger partial charge in [0.2, 0.25) is 0 Å². The number of alkyl halides is 4. The van der Waals surface area contributed by atoms with E-state index >= 15 is 0 Å². The van der Waals surface area contributed by atoms with Crippen molar-refractivity contribution in [3.63, 3.8) is 0 Å². The lowest BCUT2D eigenvalue weighted by molar-refractivity contribution is -0.141. The number of hydrogen-bond donors (Lipinski definition) is 1. The number of halogens is 4. The molecule has 0 bridgehead atoms. The number of H-pyrrole nitrogens is 1. The first-order chi connectivity index (χ1) is 5.93. The summed E-state index contributed by atoms with van der Waals surface area (Å²) in [7, 11) is 0. The standard InChI is InChI=1S/C6H4ClF3N2O/c7-2-3-1-4(6(8,9)10)12-5(13)11-3/h1H,2H2,(H,11,12,13). The lowest BCUT2D eigenvalue weighted by Crippen LogP contribution is -2.20. The molecule has 0 saturated heterocycles. The van der Waals surface area contributed by atoms with Crippen molar-refractivity contribution in [3.05, 3.63) is 27.9 Å². The second-order valence-corrected chi connectivity index (χ2v) is 2.50. The van der Waals surface area contributed by atoms with Gasteiger partial charge in [0.05, 0.1) is 5.88 Å². The smallest absolute Gasteiger partial charge is 0.309 e. The first-order valence-corrected chi connectivity index (χ1v) is 3.70. The van der Waals surface area contributed by atoms with Crippen molar-refractivity contribution in [2.45, 2.75) is 12.1 Å². The number of hydrogen-bond acceptors (Lipinski definition) is 2. The van der Waals surface area contributed by atoms with Gasteiger partial charge in [-0.1, -0.05) is 0 Å². The van der Waals surface area contributed by atoms with Gasteiger partial charge in [0.25, 0.3) is 0 Å². The monoisotopic (exact) mass is 212 g/mol. The third-order valence-electron chi connectivity index (χ3n) is 1.23. The Bertz CT molecular complexity index is 360. The molecule has 0 unspecified atom stereocenters. The van der Waals surface area contributed by atoms with Crippen LogP contribution in [0, 0.1) is 0 Å². The maximum atomic E-state index is 12.0. The molecule has 0 aliphatic carbocycles. The summed E-state index contributed by atoms with van der Waals surface area (Å²) in [6.07, 6.45) is -4.62. The number of rotatable bonds is 1. The molecule has 0 saturated carbocycles. The Kier molecular flexibility index (Phi) is 2.60. The summed E-state index contributed by atoms with van der Waals surface area (Å²) < 4.78 is 36.1. The number of nitrogens with zero attached hydrogens (tertiary/aromatic N) is 1. The van der Waals surface area contributed by atoms with Crippen LogP contribution in [-0.4, -0.2) is 9.97 Å².